The van der Waals surface area contributed by atoms with Crippen LogP contribution >= 0.6 is 11.6 Å². The number of halogens is 1. The molecular formula is C13H6ClN5NaO2+. The Labute approximate surface area is 150 Å². The van der Waals surface area contributed by atoms with Gasteiger partial charge in [-0.2, -0.15) is 5.21 Å². The molecule has 0 atom stereocenters. The Morgan fingerprint density at radius 3 is 2.86 bits per heavy atom. The fraction of sp³-hybridized carbons (Fsp3) is 0. The van der Waals surface area contributed by atoms with Gasteiger partial charge in [0.2, 0.25) is 17.0 Å². The van der Waals surface area contributed by atoms with Crippen molar-refractivity contribution in [2.75, 3.05) is 0 Å². The third-order valence-corrected chi connectivity index (χ3v) is 3.39. The second-order valence-electron chi connectivity index (χ2n) is 4.36. The SMILES string of the molecule is O=c1c2cccnc2oc2c(Cl)cc(-c3nn[nH]n3)cc12.[Na+]. The number of hydrogen-bond acceptors (Lipinski definition) is 6. The van der Waals surface area contributed by atoms with Crippen molar-refractivity contribution < 1.29 is 34.0 Å². The average molecular weight is 323 g/mol. The number of fused-ring (bicyclic) bond motifs is 2. The maximum Gasteiger partial charge on any atom is 1.00 e. The van der Waals surface area contributed by atoms with E-state index >= 15 is 0 Å². The monoisotopic (exact) mass is 322 g/mol. The molecule has 1 aromatic carbocycles. The third-order valence-electron chi connectivity index (χ3n) is 3.11. The number of rotatable bonds is 1. The molecule has 0 aliphatic heterocycles. The summed E-state index contributed by atoms with van der Waals surface area (Å²) in [4.78, 5) is 16.6. The predicted molar refractivity (Wildman–Crippen MR) is 76.0 cm³/mol. The second-order valence-corrected chi connectivity index (χ2v) is 4.76. The zero-order chi connectivity index (χ0) is 14.4. The molecule has 0 saturated heterocycles. The van der Waals surface area contributed by atoms with E-state index in [0.29, 0.717) is 27.7 Å². The minimum absolute atomic E-state index is 0. The van der Waals surface area contributed by atoms with Gasteiger partial charge >= 0.3 is 29.6 Å². The molecule has 3 aromatic heterocycles. The zero-order valence-electron chi connectivity index (χ0n) is 11.4. The fourth-order valence-corrected chi connectivity index (χ4v) is 2.42. The quantitative estimate of drug-likeness (QED) is 0.363. The number of aromatic amines is 1. The van der Waals surface area contributed by atoms with Crippen LogP contribution in [0.1, 0.15) is 0 Å². The molecule has 0 fully saturated rings. The van der Waals surface area contributed by atoms with E-state index in [9.17, 15) is 4.79 Å². The number of H-pyrrole nitrogens is 1. The van der Waals surface area contributed by atoms with Gasteiger partial charge in [0.1, 0.15) is 0 Å². The minimum Gasteiger partial charge on any atom is -0.436 e. The van der Waals surface area contributed by atoms with Crippen molar-refractivity contribution in [3.8, 4) is 11.4 Å². The molecule has 3 heterocycles. The van der Waals surface area contributed by atoms with E-state index in [1.807, 2.05) is 0 Å². The van der Waals surface area contributed by atoms with Gasteiger partial charge in [-0.25, -0.2) is 4.98 Å². The molecule has 0 aliphatic carbocycles. The van der Waals surface area contributed by atoms with Crippen LogP contribution in [0.4, 0.5) is 0 Å². The molecule has 4 rings (SSSR count). The van der Waals surface area contributed by atoms with Gasteiger partial charge in [-0.3, -0.25) is 4.79 Å². The van der Waals surface area contributed by atoms with Crippen LogP contribution in [-0.4, -0.2) is 25.6 Å². The summed E-state index contributed by atoms with van der Waals surface area (Å²) in [6.07, 6.45) is 1.55. The molecule has 0 saturated carbocycles. The van der Waals surface area contributed by atoms with E-state index < -0.39 is 0 Å². The number of aromatic nitrogens is 5. The topological polar surface area (TPSA) is 97.6 Å². The van der Waals surface area contributed by atoms with Crippen molar-refractivity contribution in [2.24, 2.45) is 0 Å². The van der Waals surface area contributed by atoms with E-state index in [4.69, 9.17) is 16.0 Å². The molecule has 22 heavy (non-hydrogen) atoms. The van der Waals surface area contributed by atoms with Crippen LogP contribution in [0.5, 0.6) is 0 Å². The standard InChI is InChI=1S/C13H6ClN5O2.Na/c14-9-5-6(12-16-18-19-17-12)4-8-10(20)7-2-1-3-15-13(7)21-11(8)9;/h1-5H,(H,16,17,18,19);/q;+1. The van der Waals surface area contributed by atoms with Crippen molar-refractivity contribution in [3.63, 3.8) is 0 Å². The number of nitrogens with zero attached hydrogens (tertiary/aromatic N) is 4. The maximum absolute atomic E-state index is 12.5. The number of nitrogens with one attached hydrogen (secondary N) is 1. The third kappa shape index (κ3) is 2.32. The largest absolute Gasteiger partial charge is 1.00 e. The van der Waals surface area contributed by atoms with Gasteiger partial charge in [0.15, 0.2) is 5.58 Å². The first-order valence-corrected chi connectivity index (χ1v) is 6.37. The molecule has 0 amide bonds. The van der Waals surface area contributed by atoms with E-state index in [-0.39, 0.29) is 45.7 Å². The number of tetrazole rings is 1. The van der Waals surface area contributed by atoms with Crippen LogP contribution in [0, 0.1) is 0 Å². The molecule has 7 nitrogen and oxygen atoms in total. The normalized spacial score (nSPS) is 10.8. The second kappa shape index (κ2) is 5.77. The van der Waals surface area contributed by atoms with Gasteiger partial charge in [0.05, 0.1) is 15.8 Å². The molecule has 0 aliphatic rings. The number of pyridine rings is 1. The Kier molecular flexibility index (Phi) is 3.96. The maximum atomic E-state index is 12.5. The Morgan fingerprint density at radius 1 is 1.23 bits per heavy atom. The van der Waals surface area contributed by atoms with Gasteiger partial charge in [-0.15, -0.1) is 10.2 Å². The summed E-state index contributed by atoms with van der Waals surface area (Å²) in [5, 5.41) is 14.6. The molecule has 1 N–H and O–H groups in total. The van der Waals surface area contributed by atoms with Gasteiger partial charge in [-0.1, -0.05) is 11.6 Å². The van der Waals surface area contributed by atoms with Crippen LogP contribution in [0.15, 0.2) is 39.7 Å². The first-order valence-electron chi connectivity index (χ1n) is 5.99. The molecule has 0 unspecified atom stereocenters. The summed E-state index contributed by atoms with van der Waals surface area (Å²) < 4.78 is 5.62. The van der Waals surface area contributed by atoms with Crippen LogP contribution in [0.25, 0.3) is 33.5 Å². The minimum atomic E-state index is -0.202. The van der Waals surface area contributed by atoms with Crippen molar-refractivity contribution in [1.29, 1.82) is 0 Å². The number of benzene rings is 1. The molecule has 9 heteroatoms. The van der Waals surface area contributed by atoms with Crippen LogP contribution in [0.2, 0.25) is 5.02 Å². The van der Waals surface area contributed by atoms with Crippen LogP contribution in [0.3, 0.4) is 0 Å². The summed E-state index contributed by atoms with van der Waals surface area (Å²) in [7, 11) is 0. The first-order chi connectivity index (χ1) is 10.2. The molecular weight excluding hydrogens is 317 g/mol. The van der Waals surface area contributed by atoms with Gasteiger partial charge in [0, 0.05) is 11.8 Å². The van der Waals surface area contributed by atoms with Crippen molar-refractivity contribution in [1.82, 2.24) is 25.6 Å². The zero-order valence-corrected chi connectivity index (χ0v) is 14.1. The summed E-state index contributed by atoms with van der Waals surface area (Å²) in [6, 6.07) is 6.58. The van der Waals surface area contributed by atoms with E-state index in [1.165, 1.54) is 0 Å². The van der Waals surface area contributed by atoms with E-state index in [1.54, 1.807) is 30.5 Å². The van der Waals surface area contributed by atoms with Gasteiger partial charge in [-0.05, 0) is 29.5 Å². The van der Waals surface area contributed by atoms with Crippen LogP contribution < -0.4 is 35.0 Å². The molecule has 0 bridgehead atoms. The van der Waals surface area contributed by atoms with E-state index in [0.717, 1.165) is 0 Å². The van der Waals surface area contributed by atoms with Crippen molar-refractivity contribution >= 4 is 33.7 Å². The van der Waals surface area contributed by atoms with Gasteiger partial charge < -0.3 is 4.42 Å². The van der Waals surface area contributed by atoms with Crippen molar-refractivity contribution in [2.45, 2.75) is 0 Å². The number of hydrogen-bond donors (Lipinski definition) is 1. The summed E-state index contributed by atoms with van der Waals surface area (Å²) in [5.74, 6) is 0.351. The summed E-state index contributed by atoms with van der Waals surface area (Å²) >= 11 is 6.20. The Morgan fingerprint density at radius 2 is 2.09 bits per heavy atom. The smallest absolute Gasteiger partial charge is 0.436 e. The predicted octanol–water partition coefficient (Wildman–Crippen LogP) is -0.821. The van der Waals surface area contributed by atoms with Crippen molar-refractivity contribution in [3.05, 3.63) is 45.7 Å². The molecule has 4 aromatic rings. The average Bonchev–Trinajstić information content (AvgIpc) is 3.03. The molecule has 0 radical (unpaired) electrons. The molecule has 0 spiro atoms. The Hall–Kier alpha value is -1.80. The molecule has 102 valence electrons. The Balaban J connectivity index is 0.00000144. The fourth-order valence-electron chi connectivity index (χ4n) is 2.17. The van der Waals surface area contributed by atoms with E-state index in [2.05, 4.69) is 25.6 Å². The van der Waals surface area contributed by atoms with Gasteiger partial charge in [0.25, 0.3) is 0 Å². The van der Waals surface area contributed by atoms with Crippen LogP contribution in [-0.2, 0) is 0 Å². The summed E-state index contributed by atoms with van der Waals surface area (Å²) in [6.45, 7) is 0. The Bertz CT molecular complexity index is 1030. The summed E-state index contributed by atoms with van der Waals surface area (Å²) in [5.41, 5.74) is 0.924. The first kappa shape index (κ1) is 15.1.